The zero-order valence-corrected chi connectivity index (χ0v) is 9.98. The number of hydrogen-bond acceptors (Lipinski definition) is 2. The predicted molar refractivity (Wildman–Crippen MR) is 61.8 cm³/mol. The summed E-state index contributed by atoms with van der Waals surface area (Å²) < 4.78 is 13.0. The first-order valence-corrected chi connectivity index (χ1v) is 5.46. The maximum absolute atomic E-state index is 13.0. The van der Waals surface area contributed by atoms with Crippen molar-refractivity contribution < 1.29 is 14.0 Å². The molecule has 1 aliphatic heterocycles. The largest absolute Gasteiger partial charge is 0.345 e. The van der Waals surface area contributed by atoms with Crippen molar-refractivity contribution in [2.75, 3.05) is 18.0 Å². The van der Waals surface area contributed by atoms with Gasteiger partial charge in [0.05, 0.1) is 22.3 Å². The van der Waals surface area contributed by atoms with E-state index in [0.29, 0.717) is 0 Å². The van der Waals surface area contributed by atoms with Crippen molar-refractivity contribution in [2.45, 2.75) is 0 Å². The van der Waals surface area contributed by atoms with Crippen molar-refractivity contribution in [2.24, 2.45) is 0 Å². The molecule has 1 saturated heterocycles. The number of nitrogens with one attached hydrogen (secondary N) is 1. The quantitative estimate of drug-likeness (QED) is 0.847. The topological polar surface area (TPSA) is 49.4 Å². The Bertz CT molecular complexity index is 484. The van der Waals surface area contributed by atoms with Gasteiger partial charge in [0.2, 0.25) is 11.8 Å². The minimum Gasteiger partial charge on any atom is -0.345 e. The van der Waals surface area contributed by atoms with Crippen LogP contribution in [0.1, 0.15) is 0 Å². The van der Waals surface area contributed by atoms with Gasteiger partial charge in [-0.3, -0.25) is 14.5 Å². The van der Waals surface area contributed by atoms with Crippen LogP contribution in [0, 0.1) is 5.82 Å². The summed E-state index contributed by atoms with van der Waals surface area (Å²) in [6.07, 6.45) is 0. The third-order valence-electron chi connectivity index (χ3n) is 2.29. The van der Waals surface area contributed by atoms with E-state index in [1.165, 1.54) is 0 Å². The van der Waals surface area contributed by atoms with E-state index >= 15 is 0 Å². The van der Waals surface area contributed by atoms with E-state index < -0.39 is 5.82 Å². The van der Waals surface area contributed by atoms with E-state index in [2.05, 4.69) is 5.32 Å². The molecule has 1 heterocycles. The molecular weight excluding hydrogens is 270 g/mol. The molecule has 0 spiro atoms. The average molecular weight is 277 g/mol. The first-order chi connectivity index (χ1) is 7.99. The summed E-state index contributed by atoms with van der Waals surface area (Å²) in [7, 11) is 0. The second-order valence-corrected chi connectivity index (χ2v) is 4.29. The minimum absolute atomic E-state index is 0.00181. The highest BCUT2D eigenvalue weighted by atomic mass is 35.5. The first-order valence-electron chi connectivity index (χ1n) is 4.70. The van der Waals surface area contributed by atoms with E-state index in [1.54, 1.807) is 0 Å². The van der Waals surface area contributed by atoms with Crippen molar-refractivity contribution >= 4 is 40.7 Å². The van der Waals surface area contributed by atoms with Crippen molar-refractivity contribution in [3.8, 4) is 0 Å². The standard InChI is InChI=1S/C10H7Cl2FN2O2/c11-6-1-5(13)2-7(12)10(6)15-4-8(16)14-3-9(15)17/h1-2H,3-4H2,(H,14,16). The summed E-state index contributed by atoms with van der Waals surface area (Å²) in [5.74, 6) is -1.27. The van der Waals surface area contributed by atoms with Gasteiger partial charge in [-0.15, -0.1) is 0 Å². The van der Waals surface area contributed by atoms with Crippen LogP contribution in [0.5, 0.6) is 0 Å². The maximum atomic E-state index is 13.0. The lowest BCUT2D eigenvalue weighted by Gasteiger charge is -2.28. The summed E-state index contributed by atoms with van der Waals surface area (Å²) in [5.41, 5.74) is 0.162. The molecule has 17 heavy (non-hydrogen) atoms. The lowest BCUT2D eigenvalue weighted by Crippen LogP contribution is -2.51. The van der Waals surface area contributed by atoms with Crippen LogP contribution in [0.4, 0.5) is 10.1 Å². The van der Waals surface area contributed by atoms with Crippen LogP contribution in [0.25, 0.3) is 0 Å². The predicted octanol–water partition coefficient (Wildman–Crippen LogP) is 1.60. The van der Waals surface area contributed by atoms with Crippen LogP contribution in [0.15, 0.2) is 12.1 Å². The van der Waals surface area contributed by atoms with E-state index in [9.17, 15) is 14.0 Å². The molecule has 0 aromatic heterocycles. The molecule has 0 radical (unpaired) electrons. The van der Waals surface area contributed by atoms with Crippen LogP contribution in [0.3, 0.4) is 0 Å². The lowest BCUT2D eigenvalue weighted by molar-refractivity contribution is -0.128. The van der Waals surface area contributed by atoms with Gasteiger partial charge in [0.25, 0.3) is 0 Å². The van der Waals surface area contributed by atoms with E-state index in [-0.39, 0.29) is 40.6 Å². The van der Waals surface area contributed by atoms with Crippen molar-refractivity contribution in [1.82, 2.24) is 5.32 Å². The lowest BCUT2D eigenvalue weighted by atomic mass is 10.2. The van der Waals surface area contributed by atoms with Gasteiger partial charge in [0.1, 0.15) is 12.4 Å². The van der Waals surface area contributed by atoms with Gasteiger partial charge in [0.15, 0.2) is 0 Å². The van der Waals surface area contributed by atoms with E-state index in [0.717, 1.165) is 17.0 Å². The molecule has 0 saturated carbocycles. The van der Waals surface area contributed by atoms with Gasteiger partial charge in [-0.25, -0.2) is 4.39 Å². The summed E-state index contributed by atoms with van der Waals surface area (Å²) in [4.78, 5) is 24.0. The number of carbonyl (C=O) groups excluding carboxylic acids is 2. The number of anilines is 1. The average Bonchev–Trinajstić information content (AvgIpc) is 2.21. The second kappa shape index (κ2) is 4.50. The molecule has 2 amide bonds. The molecule has 0 bridgehead atoms. The van der Waals surface area contributed by atoms with Crippen molar-refractivity contribution in [3.05, 3.63) is 28.0 Å². The number of halogens is 3. The number of nitrogens with zero attached hydrogens (tertiary/aromatic N) is 1. The summed E-state index contributed by atoms with van der Waals surface area (Å²) >= 11 is 11.7. The molecule has 0 aliphatic carbocycles. The van der Waals surface area contributed by atoms with E-state index in [1.807, 2.05) is 0 Å². The third kappa shape index (κ3) is 2.35. The van der Waals surface area contributed by atoms with Crippen LogP contribution in [0.2, 0.25) is 10.0 Å². The van der Waals surface area contributed by atoms with Gasteiger partial charge >= 0.3 is 0 Å². The van der Waals surface area contributed by atoms with Crippen LogP contribution in [-0.4, -0.2) is 24.9 Å². The fraction of sp³-hybridized carbons (Fsp3) is 0.200. The van der Waals surface area contributed by atoms with Crippen LogP contribution < -0.4 is 10.2 Å². The molecule has 7 heteroatoms. The molecule has 0 atom stereocenters. The van der Waals surface area contributed by atoms with Crippen molar-refractivity contribution in [3.63, 3.8) is 0 Å². The zero-order chi connectivity index (χ0) is 12.6. The number of benzene rings is 1. The second-order valence-electron chi connectivity index (χ2n) is 3.47. The Morgan fingerprint density at radius 1 is 1.24 bits per heavy atom. The Kier molecular flexibility index (Phi) is 3.22. The summed E-state index contributed by atoms with van der Waals surface area (Å²) in [6, 6.07) is 2.09. The molecule has 0 unspecified atom stereocenters. The summed E-state index contributed by atoms with van der Waals surface area (Å²) in [6.45, 7) is -0.299. The SMILES string of the molecule is O=C1CN(c2c(Cl)cc(F)cc2Cl)C(=O)CN1. The highest BCUT2D eigenvalue weighted by molar-refractivity contribution is 6.40. The fourth-order valence-electron chi connectivity index (χ4n) is 1.55. The molecule has 90 valence electrons. The monoisotopic (exact) mass is 276 g/mol. The number of piperazine rings is 1. The molecule has 1 N–H and O–H groups in total. The Labute approximate surface area is 106 Å². The minimum atomic E-state index is -0.599. The molecule has 4 nitrogen and oxygen atoms in total. The molecule has 1 aliphatic rings. The van der Waals surface area contributed by atoms with Crippen molar-refractivity contribution in [1.29, 1.82) is 0 Å². The Hall–Kier alpha value is -1.33. The van der Waals surface area contributed by atoms with Gasteiger partial charge in [-0.05, 0) is 12.1 Å². The van der Waals surface area contributed by atoms with Gasteiger partial charge in [-0.1, -0.05) is 23.2 Å². The van der Waals surface area contributed by atoms with Crippen LogP contribution in [-0.2, 0) is 9.59 Å². The Balaban J connectivity index is 2.45. The molecule has 1 aromatic rings. The maximum Gasteiger partial charge on any atom is 0.246 e. The molecule has 2 rings (SSSR count). The number of amides is 2. The van der Waals surface area contributed by atoms with Gasteiger partial charge in [-0.2, -0.15) is 0 Å². The van der Waals surface area contributed by atoms with Gasteiger partial charge < -0.3 is 5.32 Å². The number of rotatable bonds is 1. The highest BCUT2D eigenvalue weighted by Crippen LogP contribution is 2.35. The normalized spacial score (nSPS) is 16.1. The van der Waals surface area contributed by atoms with Gasteiger partial charge in [0, 0.05) is 0 Å². The first kappa shape index (κ1) is 12.1. The Morgan fingerprint density at radius 3 is 2.41 bits per heavy atom. The fourth-order valence-corrected chi connectivity index (χ4v) is 2.22. The third-order valence-corrected chi connectivity index (χ3v) is 2.87. The van der Waals surface area contributed by atoms with Crippen LogP contribution >= 0.6 is 23.2 Å². The van der Waals surface area contributed by atoms with E-state index in [4.69, 9.17) is 23.2 Å². The number of hydrogen-bond donors (Lipinski definition) is 1. The zero-order valence-electron chi connectivity index (χ0n) is 8.47. The smallest absolute Gasteiger partial charge is 0.246 e. The molecule has 1 fully saturated rings. The molecule has 1 aromatic carbocycles. The number of carbonyl (C=O) groups is 2. The highest BCUT2D eigenvalue weighted by Gasteiger charge is 2.28. The molecular formula is C10H7Cl2FN2O2. The summed E-state index contributed by atoms with van der Waals surface area (Å²) in [5, 5.41) is 2.39. The Morgan fingerprint density at radius 2 is 1.82 bits per heavy atom.